The molecule has 0 aliphatic rings. The van der Waals surface area contributed by atoms with Crippen LogP contribution in [0.5, 0.6) is 0 Å². The van der Waals surface area contributed by atoms with E-state index in [4.69, 9.17) is 21.9 Å². The van der Waals surface area contributed by atoms with Gasteiger partial charge in [-0.3, -0.25) is 0 Å². The van der Waals surface area contributed by atoms with Crippen LogP contribution in [0.2, 0.25) is 5.02 Å². The Bertz CT molecular complexity index is 529. The highest BCUT2D eigenvalue weighted by atomic mass is 35.5. The molecule has 0 saturated heterocycles. The zero-order valence-electron chi connectivity index (χ0n) is 9.15. The van der Waals surface area contributed by atoms with Crippen molar-refractivity contribution in [3.05, 3.63) is 40.9 Å². The van der Waals surface area contributed by atoms with Crippen molar-refractivity contribution >= 4 is 23.1 Å². The summed E-state index contributed by atoms with van der Waals surface area (Å²) in [5.74, 6) is 0.531. The lowest BCUT2D eigenvalue weighted by Gasteiger charge is -2.17. The monoisotopic (exact) mass is 255 g/mol. The molecule has 0 aliphatic heterocycles. The number of hydrogen-bond donors (Lipinski definition) is 1. The molecule has 0 amide bonds. The second-order valence-corrected chi connectivity index (χ2v) is 4.08. The Morgan fingerprint density at radius 3 is 2.82 bits per heavy atom. The van der Waals surface area contributed by atoms with Crippen LogP contribution in [0.4, 0.5) is 15.9 Å². The van der Waals surface area contributed by atoms with Gasteiger partial charge in [0.2, 0.25) is 0 Å². The van der Waals surface area contributed by atoms with Crippen LogP contribution in [0.25, 0.3) is 0 Å². The third-order valence-corrected chi connectivity index (χ3v) is 2.60. The Balaban J connectivity index is 2.14. The zero-order chi connectivity index (χ0) is 12.4. The van der Waals surface area contributed by atoms with Crippen LogP contribution in [0.1, 0.15) is 5.76 Å². The third kappa shape index (κ3) is 2.68. The number of nitrogens with zero attached hydrogens (tertiary/aromatic N) is 2. The predicted octanol–water partition coefficient (Wildman–Crippen LogP) is 2.69. The van der Waals surface area contributed by atoms with Crippen molar-refractivity contribution in [1.29, 1.82) is 0 Å². The quantitative estimate of drug-likeness (QED) is 0.916. The summed E-state index contributed by atoms with van der Waals surface area (Å²) in [4.78, 5) is 1.85. The van der Waals surface area contributed by atoms with Crippen molar-refractivity contribution in [2.24, 2.45) is 0 Å². The first kappa shape index (κ1) is 11.7. The molecule has 2 aromatic rings. The predicted molar refractivity (Wildman–Crippen MR) is 64.4 cm³/mol. The van der Waals surface area contributed by atoms with Gasteiger partial charge in [-0.05, 0) is 18.2 Å². The molecule has 4 nitrogen and oxygen atoms in total. The number of nitrogen functional groups attached to an aromatic ring is 1. The summed E-state index contributed by atoms with van der Waals surface area (Å²) in [6, 6.07) is 6.15. The van der Waals surface area contributed by atoms with Gasteiger partial charge in [0.25, 0.3) is 0 Å². The fraction of sp³-hybridized carbons (Fsp3) is 0.182. The Hall–Kier alpha value is -1.75. The van der Waals surface area contributed by atoms with Gasteiger partial charge in [0.1, 0.15) is 5.82 Å². The zero-order valence-corrected chi connectivity index (χ0v) is 9.91. The SMILES string of the molecule is CN(Cc1cc(N)no1)c1ccc(F)c(Cl)c1. The molecule has 0 radical (unpaired) electrons. The summed E-state index contributed by atoms with van der Waals surface area (Å²) < 4.78 is 18.0. The molecule has 1 aromatic carbocycles. The Morgan fingerprint density at radius 2 is 2.24 bits per heavy atom. The standard InChI is InChI=1S/C11H11ClFN3O/c1-16(6-8-5-11(14)15-17-8)7-2-3-10(13)9(12)4-7/h2-5H,6H2,1H3,(H2,14,15). The van der Waals surface area contributed by atoms with Crippen molar-refractivity contribution in [1.82, 2.24) is 5.16 Å². The first-order chi connectivity index (χ1) is 8.06. The van der Waals surface area contributed by atoms with Gasteiger partial charge in [0, 0.05) is 18.8 Å². The Kier molecular flexibility index (Phi) is 3.19. The first-order valence-electron chi connectivity index (χ1n) is 4.93. The van der Waals surface area contributed by atoms with Gasteiger partial charge in [-0.2, -0.15) is 0 Å². The van der Waals surface area contributed by atoms with E-state index < -0.39 is 5.82 Å². The van der Waals surface area contributed by atoms with Crippen molar-refractivity contribution in [3.63, 3.8) is 0 Å². The summed E-state index contributed by atoms with van der Waals surface area (Å²) in [5.41, 5.74) is 6.23. The van der Waals surface area contributed by atoms with Crippen LogP contribution in [-0.4, -0.2) is 12.2 Å². The molecule has 1 aromatic heterocycles. The van der Waals surface area contributed by atoms with Crippen LogP contribution in [0.3, 0.4) is 0 Å². The number of halogens is 2. The third-order valence-electron chi connectivity index (χ3n) is 2.31. The van der Waals surface area contributed by atoms with Crippen molar-refractivity contribution in [3.8, 4) is 0 Å². The number of nitrogens with two attached hydrogens (primary N) is 1. The molecule has 0 aliphatic carbocycles. The average Bonchev–Trinajstić information content (AvgIpc) is 2.68. The van der Waals surface area contributed by atoms with Crippen molar-refractivity contribution in [2.75, 3.05) is 17.7 Å². The number of aromatic nitrogens is 1. The van der Waals surface area contributed by atoms with Gasteiger partial charge in [0.15, 0.2) is 11.6 Å². The van der Waals surface area contributed by atoms with E-state index in [1.165, 1.54) is 6.07 Å². The lowest BCUT2D eigenvalue weighted by Crippen LogP contribution is -2.15. The maximum absolute atomic E-state index is 13.0. The van der Waals surface area contributed by atoms with Crippen molar-refractivity contribution < 1.29 is 8.91 Å². The normalized spacial score (nSPS) is 10.5. The van der Waals surface area contributed by atoms with Crippen LogP contribution in [0.15, 0.2) is 28.8 Å². The average molecular weight is 256 g/mol. The highest BCUT2D eigenvalue weighted by Crippen LogP contribution is 2.23. The lowest BCUT2D eigenvalue weighted by molar-refractivity contribution is 0.385. The number of benzene rings is 1. The lowest BCUT2D eigenvalue weighted by atomic mass is 10.3. The van der Waals surface area contributed by atoms with E-state index in [2.05, 4.69) is 5.16 Å². The molecular formula is C11H11ClFN3O. The molecule has 0 fully saturated rings. The summed E-state index contributed by atoms with van der Waals surface area (Å²) in [6.45, 7) is 0.478. The Labute approximate surface area is 103 Å². The van der Waals surface area contributed by atoms with Gasteiger partial charge in [0.05, 0.1) is 11.6 Å². The molecule has 0 atom stereocenters. The fourth-order valence-corrected chi connectivity index (χ4v) is 1.63. The van der Waals surface area contributed by atoms with Crippen LogP contribution < -0.4 is 10.6 Å². The molecule has 90 valence electrons. The fourth-order valence-electron chi connectivity index (χ4n) is 1.45. The van der Waals surface area contributed by atoms with E-state index in [-0.39, 0.29) is 5.02 Å². The van der Waals surface area contributed by atoms with E-state index in [9.17, 15) is 4.39 Å². The number of anilines is 2. The van der Waals surface area contributed by atoms with Gasteiger partial charge in [-0.15, -0.1) is 0 Å². The summed E-state index contributed by atoms with van der Waals surface area (Å²) in [6.07, 6.45) is 0. The molecule has 17 heavy (non-hydrogen) atoms. The van der Waals surface area contributed by atoms with Crippen molar-refractivity contribution in [2.45, 2.75) is 6.54 Å². The number of rotatable bonds is 3. The van der Waals surface area contributed by atoms with Gasteiger partial charge in [-0.25, -0.2) is 4.39 Å². The maximum atomic E-state index is 13.0. The molecule has 0 spiro atoms. The minimum Gasteiger partial charge on any atom is -0.381 e. The minimum absolute atomic E-state index is 0.0893. The minimum atomic E-state index is -0.437. The van der Waals surface area contributed by atoms with E-state index in [0.29, 0.717) is 18.1 Å². The highest BCUT2D eigenvalue weighted by molar-refractivity contribution is 6.31. The van der Waals surface area contributed by atoms with Gasteiger partial charge in [-0.1, -0.05) is 16.8 Å². The molecule has 2 N–H and O–H groups in total. The largest absolute Gasteiger partial charge is 0.381 e. The van der Waals surface area contributed by atoms with Crippen LogP contribution in [0, 0.1) is 5.82 Å². The molecule has 6 heteroatoms. The Morgan fingerprint density at radius 1 is 1.47 bits per heavy atom. The van der Waals surface area contributed by atoms with Crippen LogP contribution >= 0.6 is 11.6 Å². The highest BCUT2D eigenvalue weighted by Gasteiger charge is 2.08. The second-order valence-electron chi connectivity index (χ2n) is 3.67. The molecule has 0 bridgehead atoms. The van der Waals surface area contributed by atoms with E-state index in [1.807, 2.05) is 11.9 Å². The number of hydrogen-bond acceptors (Lipinski definition) is 4. The maximum Gasteiger partial charge on any atom is 0.167 e. The molecule has 2 rings (SSSR count). The van der Waals surface area contributed by atoms with Crippen LogP contribution in [-0.2, 0) is 6.54 Å². The molecule has 0 saturated carbocycles. The molecule has 1 heterocycles. The van der Waals surface area contributed by atoms with E-state index in [1.54, 1.807) is 18.2 Å². The smallest absolute Gasteiger partial charge is 0.167 e. The van der Waals surface area contributed by atoms with Gasteiger partial charge >= 0.3 is 0 Å². The van der Waals surface area contributed by atoms with Gasteiger partial charge < -0.3 is 15.2 Å². The second kappa shape index (κ2) is 4.63. The summed E-state index contributed by atoms with van der Waals surface area (Å²) in [5, 5.41) is 3.67. The first-order valence-corrected chi connectivity index (χ1v) is 5.31. The molecule has 0 unspecified atom stereocenters. The molecular weight excluding hydrogens is 245 g/mol. The topological polar surface area (TPSA) is 55.3 Å². The summed E-state index contributed by atoms with van der Waals surface area (Å²) in [7, 11) is 1.84. The van der Waals surface area contributed by atoms with E-state index >= 15 is 0 Å². The van der Waals surface area contributed by atoms with E-state index in [0.717, 1.165) is 5.69 Å². The summed E-state index contributed by atoms with van der Waals surface area (Å²) >= 11 is 5.71.